The van der Waals surface area contributed by atoms with Gasteiger partial charge in [-0.3, -0.25) is 0 Å². The second-order valence-corrected chi connectivity index (χ2v) is 15.1. The van der Waals surface area contributed by atoms with Crippen molar-refractivity contribution in [1.29, 1.82) is 5.26 Å². The van der Waals surface area contributed by atoms with E-state index in [1.165, 1.54) is 10.4 Å². The van der Waals surface area contributed by atoms with E-state index in [0.29, 0.717) is 24.0 Å². The third-order valence-corrected chi connectivity index (χ3v) is 9.13. The molecule has 0 aliphatic heterocycles. The summed E-state index contributed by atoms with van der Waals surface area (Å²) in [6.07, 6.45) is 0. The molecule has 0 aliphatic carbocycles. The van der Waals surface area contributed by atoms with E-state index in [-0.39, 0.29) is 10.8 Å². The summed E-state index contributed by atoms with van der Waals surface area (Å²) in [7, 11) is 0. The molecule has 0 atom stereocenters. The summed E-state index contributed by atoms with van der Waals surface area (Å²) in [6, 6.07) is 11.0. The summed E-state index contributed by atoms with van der Waals surface area (Å²) in [5.41, 5.74) is 4.75. The van der Waals surface area contributed by atoms with Crippen molar-refractivity contribution in [3.63, 3.8) is 0 Å². The van der Waals surface area contributed by atoms with Crippen molar-refractivity contribution in [2.24, 2.45) is 11.8 Å². The number of aromatic nitrogens is 3. The second kappa shape index (κ2) is 10.5. The Morgan fingerprint density at radius 1 is 0.895 bits per heavy atom. The van der Waals surface area contributed by atoms with Gasteiger partial charge < -0.3 is 4.74 Å². The predicted molar refractivity (Wildman–Crippen MR) is 161 cm³/mol. The van der Waals surface area contributed by atoms with Crippen LogP contribution in [0.4, 0.5) is 0 Å². The third kappa shape index (κ3) is 5.82. The molecule has 0 radical (unpaired) electrons. The number of fused-ring (bicyclic) bond motifs is 1. The molecule has 5 nitrogen and oxygen atoms in total. The van der Waals surface area contributed by atoms with Crippen LogP contribution in [0.5, 0.6) is 5.75 Å². The highest BCUT2D eigenvalue weighted by Crippen LogP contribution is 2.49. The van der Waals surface area contributed by atoms with Gasteiger partial charge in [0, 0.05) is 15.3 Å². The van der Waals surface area contributed by atoms with Gasteiger partial charge in [0.15, 0.2) is 0 Å². The topological polar surface area (TPSA) is 63.7 Å². The molecule has 0 amide bonds. The molecule has 3 aromatic heterocycles. The molecule has 202 valence electrons. The smallest absolute Gasteiger partial charge is 0.139 e. The van der Waals surface area contributed by atoms with Gasteiger partial charge in [-0.2, -0.15) is 20.3 Å². The highest BCUT2D eigenvalue weighted by atomic mass is 32.1. The Hall–Kier alpha value is -2.69. The summed E-state index contributed by atoms with van der Waals surface area (Å²) in [5.74, 6) is 1.67. The monoisotopic (exact) mass is 548 g/mol. The minimum Gasteiger partial charge on any atom is -0.492 e. The zero-order valence-electron chi connectivity index (χ0n) is 24.4. The average molecular weight is 549 g/mol. The van der Waals surface area contributed by atoms with Crippen LogP contribution in [0.25, 0.3) is 31.2 Å². The first-order valence-electron chi connectivity index (χ1n) is 13.4. The van der Waals surface area contributed by atoms with Gasteiger partial charge in [0.2, 0.25) is 0 Å². The van der Waals surface area contributed by atoms with Crippen LogP contribution in [-0.4, -0.2) is 21.6 Å². The number of ether oxygens (including phenoxy) is 1. The lowest BCUT2D eigenvalue weighted by molar-refractivity contribution is 0.273. The number of nitriles is 1. The summed E-state index contributed by atoms with van der Waals surface area (Å²) in [6.45, 7) is 23.3. The molecule has 0 saturated heterocycles. The molecule has 0 N–H and O–H groups in total. The van der Waals surface area contributed by atoms with Crippen LogP contribution in [0.2, 0.25) is 0 Å². The molecule has 0 unspecified atom stereocenters. The van der Waals surface area contributed by atoms with E-state index in [9.17, 15) is 5.26 Å². The fourth-order valence-electron chi connectivity index (χ4n) is 4.29. The first-order chi connectivity index (χ1) is 17.7. The highest BCUT2D eigenvalue weighted by molar-refractivity contribution is 7.24. The SMILES string of the molecule is CC(C)COc1cc(-c2ccc(C(C)(C)C)c3nn(CC(C)C)nc23)sc1-c1sc(C(C)(C)C)cc1C#N. The van der Waals surface area contributed by atoms with E-state index in [4.69, 9.17) is 14.9 Å². The maximum Gasteiger partial charge on any atom is 0.139 e. The summed E-state index contributed by atoms with van der Waals surface area (Å²) < 4.78 is 6.36. The Kier molecular flexibility index (Phi) is 7.80. The third-order valence-electron chi connectivity index (χ3n) is 6.25. The largest absolute Gasteiger partial charge is 0.492 e. The van der Waals surface area contributed by atoms with E-state index in [1.807, 2.05) is 10.9 Å². The number of thiophene rings is 2. The Balaban J connectivity index is 1.93. The van der Waals surface area contributed by atoms with E-state index >= 15 is 0 Å². The van der Waals surface area contributed by atoms with E-state index in [1.54, 1.807) is 22.7 Å². The van der Waals surface area contributed by atoms with Crippen molar-refractivity contribution in [2.45, 2.75) is 86.6 Å². The van der Waals surface area contributed by atoms with Crippen LogP contribution < -0.4 is 4.74 Å². The quantitative estimate of drug-likeness (QED) is 0.231. The highest BCUT2D eigenvalue weighted by Gasteiger charge is 2.27. The molecule has 0 bridgehead atoms. The lowest BCUT2D eigenvalue weighted by Gasteiger charge is -2.19. The lowest BCUT2D eigenvalue weighted by atomic mass is 9.85. The first kappa shape index (κ1) is 28.3. The first-order valence-corrected chi connectivity index (χ1v) is 15.0. The van der Waals surface area contributed by atoms with Crippen molar-refractivity contribution < 1.29 is 4.74 Å². The fraction of sp³-hybridized carbons (Fsp3) is 0.516. The zero-order chi connectivity index (χ0) is 28.0. The van der Waals surface area contributed by atoms with Gasteiger partial charge in [-0.15, -0.1) is 22.7 Å². The molecule has 0 fully saturated rings. The molecule has 0 saturated carbocycles. The standard InChI is InChI=1S/C31H40N4OS2/c1-18(2)16-35-33-26-21(11-12-22(27(26)34-35)30(5,6)7)24-14-23(36-17-19(3)4)29(37-24)28-20(15-32)13-25(38-28)31(8,9)10/h11-14,18-19H,16-17H2,1-10H3. The molecule has 4 aromatic rings. The zero-order valence-corrected chi connectivity index (χ0v) is 26.0. The number of benzene rings is 1. The lowest BCUT2D eigenvalue weighted by Crippen LogP contribution is -2.12. The Morgan fingerprint density at radius 2 is 1.58 bits per heavy atom. The maximum atomic E-state index is 10.0. The van der Waals surface area contributed by atoms with E-state index in [2.05, 4.69) is 93.5 Å². The van der Waals surface area contributed by atoms with Crippen LogP contribution in [-0.2, 0) is 17.4 Å². The molecule has 0 spiro atoms. The average Bonchev–Trinajstić information content (AvgIpc) is 3.51. The summed E-state index contributed by atoms with van der Waals surface area (Å²) in [4.78, 5) is 6.12. The van der Waals surface area contributed by atoms with Crippen molar-refractivity contribution >= 4 is 33.7 Å². The van der Waals surface area contributed by atoms with Gasteiger partial charge >= 0.3 is 0 Å². The van der Waals surface area contributed by atoms with Crippen molar-refractivity contribution in [3.05, 3.63) is 40.3 Å². The molecule has 0 aliphatic rings. The molecule has 3 heterocycles. The number of nitrogens with zero attached hydrogens (tertiary/aromatic N) is 4. The normalized spacial score (nSPS) is 12.6. The summed E-state index contributed by atoms with van der Waals surface area (Å²) >= 11 is 3.38. The Morgan fingerprint density at radius 3 is 2.16 bits per heavy atom. The summed E-state index contributed by atoms with van der Waals surface area (Å²) in [5, 5.41) is 19.9. The van der Waals surface area contributed by atoms with Crippen LogP contribution in [0.1, 0.15) is 85.2 Å². The van der Waals surface area contributed by atoms with E-state index < -0.39 is 0 Å². The molecular weight excluding hydrogens is 509 g/mol. The maximum absolute atomic E-state index is 10.0. The fourth-order valence-corrected chi connectivity index (χ4v) is 6.73. The number of hydrogen-bond donors (Lipinski definition) is 0. The van der Waals surface area contributed by atoms with Crippen molar-refractivity contribution in [3.8, 4) is 32.0 Å². The van der Waals surface area contributed by atoms with Gasteiger partial charge in [-0.05, 0) is 40.4 Å². The molecule has 4 rings (SSSR count). The molecule has 7 heteroatoms. The Bertz CT molecular complexity index is 1480. The minimum atomic E-state index is -0.0519. The van der Waals surface area contributed by atoms with Crippen molar-refractivity contribution in [2.75, 3.05) is 6.61 Å². The van der Waals surface area contributed by atoms with Gasteiger partial charge in [0.25, 0.3) is 0 Å². The van der Waals surface area contributed by atoms with Crippen LogP contribution in [0.15, 0.2) is 24.3 Å². The number of rotatable bonds is 7. The minimum absolute atomic E-state index is 0.0303. The van der Waals surface area contributed by atoms with Gasteiger partial charge in [-0.1, -0.05) is 81.4 Å². The second-order valence-electron chi connectivity index (χ2n) is 13.0. The van der Waals surface area contributed by atoms with Crippen LogP contribution in [0, 0.1) is 23.2 Å². The molecule has 38 heavy (non-hydrogen) atoms. The van der Waals surface area contributed by atoms with Gasteiger partial charge in [0.1, 0.15) is 22.9 Å². The molecule has 1 aromatic carbocycles. The van der Waals surface area contributed by atoms with Crippen molar-refractivity contribution in [1.82, 2.24) is 15.0 Å². The van der Waals surface area contributed by atoms with Gasteiger partial charge in [0.05, 0.1) is 28.5 Å². The Labute approximate surface area is 235 Å². The van der Waals surface area contributed by atoms with Gasteiger partial charge in [-0.25, -0.2) is 0 Å². The predicted octanol–water partition coefficient (Wildman–Crippen LogP) is 9.05. The van der Waals surface area contributed by atoms with E-state index in [0.717, 1.165) is 43.5 Å². The molecular formula is C31H40N4OS2. The van der Waals surface area contributed by atoms with Crippen LogP contribution in [0.3, 0.4) is 0 Å². The van der Waals surface area contributed by atoms with Crippen LogP contribution >= 0.6 is 22.7 Å². The number of hydrogen-bond acceptors (Lipinski definition) is 6.